The summed E-state index contributed by atoms with van der Waals surface area (Å²) in [6, 6.07) is 7.64. The number of aliphatic imine (C=N–C) groups is 1. The first kappa shape index (κ1) is 14.8. The van der Waals surface area contributed by atoms with Gasteiger partial charge < -0.3 is 9.47 Å². The third-order valence-corrected chi connectivity index (χ3v) is 4.10. The van der Waals surface area contributed by atoms with E-state index in [0.717, 1.165) is 24.2 Å². The summed E-state index contributed by atoms with van der Waals surface area (Å²) in [7, 11) is 0. The van der Waals surface area contributed by atoms with Crippen molar-refractivity contribution in [3.8, 4) is 5.75 Å². The van der Waals surface area contributed by atoms with Crippen molar-refractivity contribution in [3.05, 3.63) is 35.5 Å². The number of ether oxygens (including phenoxy) is 2. The predicted molar refractivity (Wildman–Crippen MR) is 85.7 cm³/mol. The smallest absolute Gasteiger partial charge is 0.363 e. The SMILES string of the molecule is CCOc1ccccc1C=C1N=C(C2CCCCC2)OC1=O. The van der Waals surface area contributed by atoms with E-state index in [0.29, 0.717) is 24.1 Å². The van der Waals surface area contributed by atoms with Crippen LogP contribution in [0.25, 0.3) is 6.08 Å². The van der Waals surface area contributed by atoms with Crippen molar-refractivity contribution in [2.24, 2.45) is 10.9 Å². The average molecular weight is 299 g/mol. The Morgan fingerprint density at radius 3 is 2.82 bits per heavy atom. The van der Waals surface area contributed by atoms with Crippen LogP contribution in [0.5, 0.6) is 5.75 Å². The number of hydrogen-bond acceptors (Lipinski definition) is 4. The van der Waals surface area contributed by atoms with Crippen LogP contribution in [-0.4, -0.2) is 18.5 Å². The Morgan fingerprint density at radius 1 is 1.27 bits per heavy atom. The second kappa shape index (κ2) is 6.77. The van der Waals surface area contributed by atoms with Crippen molar-refractivity contribution >= 4 is 17.9 Å². The Morgan fingerprint density at radius 2 is 2.05 bits per heavy atom. The number of para-hydroxylation sites is 1. The number of benzene rings is 1. The molecule has 1 aliphatic heterocycles. The molecule has 0 saturated heterocycles. The Balaban J connectivity index is 1.84. The predicted octanol–water partition coefficient (Wildman–Crippen LogP) is 3.96. The fraction of sp³-hybridized carbons (Fsp3) is 0.444. The van der Waals surface area contributed by atoms with Crippen LogP contribution in [-0.2, 0) is 9.53 Å². The van der Waals surface area contributed by atoms with E-state index in [-0.39, 0.29) is 5.97 Å². The van der Waals surface area contributed by atoms with Crippen LogP contribution in [0.2, 0.25) is 0 Å². The van der Waals surface area contributed by atoms with Crippen LogP contribution in [0.3, 0.4) is 0 Å². The zero-order valence-electron chi connectivity index (χ0n) is 12.9. The molecule has 0 atom stereocenters. The molecule has 0 N–H and O–H groups in total. The summed E-state index contributed by atoms with van der Waals surface area (Å²) in [5.41, 5.74) is 1.22. The summed E-state index contributed by atoms with van der Waals surface area (Å²) in [6.07, 6.45) is 7.52. The number of hydrogen-bond donors (Lipinski definition) is 0. The molecule has 0 bridgehead atoms. The van der Waals surface area contributed by atoms with Gasteiger partial charge in [0.25, 0.3) is 0 Å². The number of nitrogens with zero attached hydrogens (tertiary/aromatic N) is 1. The maximum absolute atomic E-state index is 12.1. The first-order valence-corrected chi connectivity index (χ1v) is 8.02. The summed E-state index contributed by atoms with van der Waals surface area (Å²) in [5.74, 6) is 1.30. The minimum absolute atomic E-state index is 0.297. The van der Waals surface area contributed by atoms with Crippen LogP contribution in [0.4, 0.5) is 0 Å². The van der Waals surface area contributed by atoms with Gasteiger partial charge in [-0.2, -0.15) is 0 Å². The number of rotatable bonds is 4. The van der Waals surface area contributed by atoms with Crippen molar-refractivity contribution < 1.29 is 14.3 Å². The molecule has 1 fully saturated rings. The first-order chi connectivity index (χ1) is 10.8. The lowest BCUT2D eigenvalue weighted by molar-refractivity contribution is -0.130. The molecule has 3 rings (SSSR count). The maximum Gasteiger partial charge on any atom is 0.363 e. The third kappa shape index (κ3) is 3.21. The van der Waals surface area contributed by atoms with E-state index in [1.54, 1.807) is 6.08 Å². The lowest BCUT2D eigenvalue weighted by atomic mass is 9.89. The van der Waals surface area contributed by atoms with Gasteiger partial charge in [0.1, 0.15) is 5.75 Å². The normalized spacial score (nSPS) is 20.9. The van der Waals surface area contributed by atoms with Crippen LogP contribution in [0, 0.1) is 5.92 Å². The van der Waals surface area contributed by atoms with Crippen molar-refractivity contribution in [3.63, 3.8) is 0 Å². The molecule has 1 saturated carbocycles. The molecule has 0 spiro atoms. The molecule has 0 amide bonds. The summed E-state index contributed by atoms with van der Waals surface area (Å²) in [5, 5.41) is 0. The number of carbonyl (C=O) groups excluding carboxylic acids is 1. The summed E-state index contributed by atoms with van der Waals surface area (Å²) < 4.78 is 11.0. The Hall–Kier alpha value is -2.10. The molecule has 0 unspecified atom stereocenters. The van der Waals surface area contributed by atoms with Gasteiger partial charge in [-0.1, -0.05) is 37.5 Å². The van der Waals surface area contributed by atoms with Gasteiger partial charge in [0.05, 0.1) is 6.61 Å². The van der Waals surface area contributed by atoms with E-state index >= 15 is 0 Å². The monoisotopic (exact) mass is 299 g/mol. The Bertz CT molecular complexity index is 613. The summed E-state index contributed by atoms with van der Waals surface area (Å²) >= 11 is 0. The summed E-state index contributed by atoms with van der Waals surface area (Å²) in [4.78, 5) is 16.5. The van der Waals surface area contributed by atoms with Crippen molar-refractivity contribution in [2.75, 3.05) is 6.61 Å². The standard InChI is InChI=1S/C18H21NO3/c1-2-21-16-11-7-6-10-14(16)12-15-18(20)22-17(19-15)13-8-4-3-5-9-13/h6-7,10-13H,2-5,8-9H2,1H3. The molecule has 1 heterocycles. The van der Waals surface area contributed by atoms with Crippen molar-refractivity contribution in [2.45, 2.75) is 39.0 Å². The highest BCUT2D eigenvalue weighted by atomic mass is 16.6. The number of carbonyl (C=O) groups is 1. The van der Waals surface area contributed by atoms with Crippen molar-refractivity contribution in [1.29, 1.82) is 0 Å². The molecule has 22 heavy (non-hydrogen) atoms. The zero-order chi connectivity index (χ0) is 15.4. The molecule has 4 nitrogen and oxygen atoms in total. The van der Waals surface area contributed by atoms with Gasteiger partial charge in [-0.3, -0.25) is 0 Å². The van der Waals surface area contributed by atoms with Crippen molar-refractivity contribution in [1.82, 2.24) is 0 Å². The Labute approximate surface area is 130 Å². The quantitative estimate of drug-likeness (QED) is 0.624. The molecule has 116 valence electrons. The minimum Gasteiger partial charge on any atom is -0.493 e. The minimum atomic E-state index is -0.355. The molecule has 1 aliphatic carbocycles. The van der Waals surface area contributed by atoms with Gasteiger partial charge in [0, 0.05) is 11.5 Å². The highest BCUT2D eigenvalue weighted by molar-refractivity contribution is 6.08. The van der Waals surface area contributed by atoms with Gasteiger partial charge in [-0.05, 0) is 31.9 Å². The maximum atomic E-state index is 12.1. The van der Waals surface area contributed by atoms with E-state index < -0.39 is 0 Å². The topological polar surface area (TPSA) is 47.9 Å². The highest BCUT2D eigenvalue weighted by Gasteiger charge is 2.30. The molecule has 2 aliphatic rings. The zero-order valence-corrected chi connectivity index (χ0v) is 12.9. The van der Waals surface area contributed by atoms with Gasteiger partial charge in [-0.15, -0.1) is 0 Å². The highest BCUT2D eigenvalue weighted by Crippen LogP contribution is 2.30. The van der Waals surface area contributed by atoms with Crippen LogP contribution < -0.4 is 4.74 Å². The first-order valence-electron chi connectivity index (χ1n) is 8.02. The van der Waals surface area contributed by atoms with Gasteiger partial charge in [0.2, 0.25) is 5.90 Å². The van der Waals surface area contributed by atoms with E-state index in [1.165, 1.54) is 19.3 Å². The lowest BCUT2D eigenvalue weighted by Crippen LogP contribution is -2.19. The molecule has 0 aromatic heterocycles. The number of esters is 1. The largest absolute Gasteiger partial charge is 0.493 e. The molecular formula is C18H21NO3. The van der Waals surface area contributed by atoms with Crippen LogP contribution >= 0.6 is 0 Å². The fourth-order valence-electron chi connectivity index (χ4n) is 2.98. The Kier molecular flexibility index (Phi) is 4.56. The molecule has 4 heteroatoms. The van der Waals surface area contributed by atoms with E-state index in [4.69, 9.17) is 9.47 Å². The summed E-state index contributed by atoms with van der Waals surface area (Å²) in [6.45, 7) is 2.52. The van der Waals surface area contributed by atoms with Gasteiger partial charge in [-0.25, -0.2) is 9.79 Å². The van der Waals surface area contributed by atoms with E-state index in [9.17, 15) is 4.79 Å². The molecular weight excluding hydrogens is 278 g/mol. The second-order valence-electron chi connectivity index (χ2n) is 5.67. The second-order valence-corrected chi connectivity index (χ2v) is 5.67. The molecule has 0 radical (unpaired) electrons. The van der Waals surface area contributed by atoms with Gasteiger partial charge in [0.15, 0.2) is 5.70 Å². The molecule has 1 aromatic carbocycles. The van der Waals surface area contributed by atoms with Gasteiger partial charge >= 0.3 is 5.97 Å². The molecule has 1 aromatic rings. The van der Waals surface area contributed by atoms with E-state index in [2.05, 4.69) is 4.99 Å². The average Bonchev–Trinajstić information content (AvgIpc) is 2.91. The van der Waals surface area contributed by atoms with Crippen LogP contribution in [0.15, 0.2) is 35.0 Å². The van der Waals surface area contributed by atoms with Crippen LogP contribution in [0.1, 0.15) is 44.6 Å². The van der Waals surface area contributed by atoms with E-state index in [1.807, 2.05) is 31.2 Å². The fourth-order valence-corrected chi connectivity index (χ4v) is 2.98. The number of cyclic esters (lactones) is 1. The lowest BCUT2D eigenvalue weighted by Gasteiger charge is -2.19. The third-order valence-electron chi connectivity index (χ3n) is 4.10.